The molecule has 0 aliphatic rings. The van der Waals surface area contributed by atoms with Crippen LogP contribution in [0.15, 0.2) is 84.9 Å². The number of aromatic nitrogens is 1. The summed E-state index contributed by atoms with van der Waals surface area (Å²) in [5, 5.41) is 9.88. The van der Waals surface area contributed by atoms with Crippen LogP contribution in [0.5, 0.6) is 0 Å². The number of aryl methyl sites for hydroxylation is 1. The van der Waals surface area contributed by atoms with Gasteiger partial charge < -0.3 is 5.73 Å². The topological polar surface area (TPSA) is 62.7 Å². The first-order valence-electron chi connectivity index (χ1n) is 9.10. The highest BCUT2D eigenvalue weighted by atomic mass is 14.9. The average Bonchev–Trinajstić information content (AvgIpc) is 2.75. The minimum atomic E-state index is 0.247. The molecule has 4 rings (SSSR count). The second-order valence-corrected chi connectivity index (χ2v) is 6.68. The lowest BCUT2D eigenvalue weighted by molar-refractivity contribution is 1.31. The summed E-state index contributed by atoms with van der Waals surface area (Å²) in [6.45, 7) is 2.05. The van der Waals surface area contributed by atoms with Crippen LogP contribution >= 0.6 is 0 Å². The fourth-order valence-corrected chi connectivity index (χ4v) is 3.42. The summed E-state index contributed by atoms with van der Waals surface area (Å²) in [4.78, 5) is 4.65. The normalized spacial score (nSPS) is 10.4. The maximum absolute atomic E-state index is 9.88. The number of pyridine rings is 1. The van der Waals surface area contributed by atoms with Crippen molar-refractivity contribution in [3.8, 4) is 39.6 Å². The fraction of sp³-hybridized carbons (Fsp3) is 0.0400. The minimum absolute atomic E-state index is 0.247. The van der Waals surface area contributed by atoms with Gasteiger partial charge in [-0.2, -0.15) is 5.26 Å². The van der Waals surface area contributed by atoms with E-state index in [1.807, 2.05) is 91.9 Å². The molecule has 0 saturated carbocycles. The number of rotatable bonds is 3. The maximum atomic E-state index is 9.88. The lowest BCUT2D eigenvalue weighted by atomic mass is 9.88. The number of nitrogens with zero attached hydrogens (tertiary/aromatic N) is 2. The first kappa shape index (κ1) is 17.5. The van der Waals surface area contributed by atoms with Gasteiger partial charge in [-0.3, -0.25) is 0 Å². The summed E-state index contributed by atoms with van der Waals surface area (Å²) in [6, 6.07) is 30.4. The van der Waals surface area contributed by atoms with Crippen LogP contribution in [-0.2, 0) is 0 Å². The molecule has 0 atom stereocenters. The predicted molar refractivity (Wildman–Crippen MR) is 114 cm³/mol. The quantitative estimate of drug-likeness (QED) is 0.498. The predicted octanol–water partition coefficient (Wildman–Crippen LogP) is 5.84. The summed E-state index contributed by atoms with van der Waals surface area (Å²) in [5.74, 6) is 0.247. The molecule has 134 valence electrons. The van der Waals surface area contributed by atoms with Crippen molar-refractivity contribution in [1.82, 2.24) is 4.98 Å². The number of anilines is 1. The van der Waals surface area contributed by atoms with Crippen molar-refractivity contribution in [3.05, 3.63) is 96.1 Å². The van der Waals surface area contributed by atoms with Crippen molar-refractivity contribution in [2.75, 3.05) is 5.73 Å². The number of nitrogens with two attached hydrogens (primary N) is 1. The molecule has 3 nitrogen and oxygen atoms in total. The Kier molecular flexibility index (Phi) is 4.62. The van der Waals surface area contributed by atoms with E-state index in [4.69, 9.17) is 5.73 Å². The largest absolute Gasteiger partial charge is 0.383 e. The van der Waals surface area contributed by atoms with Crippen LogP contribution in [0.3, 0.4) is 0 Å². The van der Waals surface area contributed by atoms with E-state index in [0.29, 0.717) is 5.56 Å². The molecular formula is C25H19N3. The minimum Gasteiger partial charge on any atom is -0.383 e. The Morgan fingerprint density at radius 2 is 1.25 bits per heavy atom. The van der Waals surface area contributed by atoms with Crippen LogP contribution in [-0.4, -0.2) is 4.98 Å². The van der Waals surface area contributed by atoms with E-state index in [-0.39, 0.29) is 5.82 Å². The SMILES string of the molecule is Cc1ccc(-c2c(C#N)c(N)nc(-c3ccccc3)c2-c2ccccc2)cc1. The molecule has 1 aromatic heterocycles. The standard InChI is InChI=1S/C25H19N3/c1-17-12-14-19(15-13-17)22-21(16-26)25(27)28-24(20-10-6-3-7-11-20)23(22)18-8-4-2-5-9-18/h2-15H,1H3,(H2,27,28). The Morgan fingerprint density at radius 3 is 1.82 bits per heavy atom. The van der Waals surface area contributed by atoms with Crippen LogP contribution in [0.1, 0.15) is 11.1 Å². The van der Waals surface area contributed by atoms with Crippen LogP contribution < -0.4 is 5.73 Å². The number of nitrogen functional groups attached to an aromatic ring is 1. The van der Waals surface area contributed by atoms with Gasteiger partial charge in [0, 0.05) is 16.7 Å². The zero-order valence-electron chi connectivity index (χ0n) is 15.6. The van der Waals surface area contributed by atoms with Crippen molar-refractivity contribution in [1.29, 1.82) is 5.26 Å². The number of hydrogen-bond donors (Lipinski definition) is 1. The van der Waals surface area contributed by atoms with E-state index in [0.717, 1.165) is 39.1 Å². The lowest BCUT2D eigenvalue weighted by Gasteiger charge is -2.18. The van der Waals surface area contributed by atoms with Crippen LogP contribution in [0.4, 0.5) is 5.82 Å². The molecular weight excluding hydrogens is 342 g/mol. The Labute approximate surface area is 164 Å². The molecule has 0 radical (unpaired) electrons. The molecule has 0 aliphatic carbocycles. The monoisotopic (exact) mass is 361 g/mol. The molecule has 4 aromatic rings. The smallest absolute Gasteiger partial charge is 0.142 e. The molecule has 0 unspecified atom stereocenters. The summed E-state index contributed by atoms with van der Waals surface area (Å²) < 4.78 is 0. The Morgan fingerprint density at radius 1 is 0.714 bits per heavy atom. The van der Waals surface area contributed by atoms with E-state index >= 15 is 0 Å². The van der Waals surface area contributed by atoms with Gasteiger partial charge in [0.05, 0.1) is 5.69 Å². The van der Waals surface area contributed by atoms with Crippen LogP contribution in [0.2, 0.25) is 0 Å². The molecule has 2 N–H and O–H groups in total. The highest BCUT2D eigenvalue weighted by Gasteiger charge is 2.22. The third-order valence-electron chi connectivity index (χ3n) is 4.79. The van der Waals surface area contributed by atoms with Crippen LogP contribution in [0, 0.1) is 18.3 Å². The molecule has 0 fully saturated rings. The van der Waals surface area contributed by atoms with E-state index in [2.05, 4.69) is 11.1 Å². The Hall–Kier alpha value is -3.90. The third-order valence-corrected chi connectivity index (χ3v) is 4.79. The summed E-state index contributed by atoms with van der Waals surface area (Å²) >= 11 is 0. The second-order valence-electron chi connectivity index (χ2n) is 6.68. The van der Waals surface area contributed by atoms with Gasteiger partial charge >= 0.3 is 0 Å². The summed E-state index contributed by atoms with van der Waals surface area (Å²) in [7, 11) is 0. The van der Waals surface area contributed by atoms with Crippen molar-refractivity contribution >= 4 is 5.82 Å². The molecule has 0 aliphatic heterocycles. The average molecular weight is 361 g/mol. The van der Waals surface area contributed by atoms with E-state index in [1.54, 1.807) is 0 Å². The first-order chi connectivity index (χ1) is 13.7. The summed E-state index contributed by atoms with van der Waals surface area (Å²) in [6.07, 6.45) is 0. The zero-order valence-corrected chi connectivity index (χ0v) is 15.6. The van der Waals surface area contributed by atoms with E-state index in [1.165, 1.54) is 0 Å². The number of hydrogen-bond acceptors (Lipinski definition) is 3. The van der Waals surface area contributed by atoms with Gasteiger partial charge in [-0.25, -0.2) is 4.98 Å². The van der Waals surface area contributed by atoms with Gasteiger partial charge in [0.2, 0.25) is 0 Å². The van der Waals surface area contributed by atoms with Gasteiger partial charge in [0.15, 0.2) is 0 Å². The Bertz CT molecular complexity index is 1160. The fourth-order valence-electron chi connectivity index (χ4n) is 3.42. The molecule has 28 heavy (non-hydrogen) atoms. The second kappa shape index (κ2) is 7.38. The van der Waals surface area contributed by atoms with Crippen molar-refractivity contribution < 1.29 is 0 Å². The van der Waals surface area contributed by atoms with Gasteiger partial charge in [-0.15, -0.1) is 0 Å². The van der Waals surface area contributed by atoms with E-state index in [9.17, 15) is 5.26 Å². The highest BCUT2D eigenvalue weighted by Crippen LogP contribution is 2.42. The molecule has 3 heteroatoms. The zero-order chi connectivity index (χ0) is 19.5. The van der Waals surface area contributed by atoms with Gasteiger partial charge in [-0.05, 0) is 18.1 Å². The van der Waals surface area contributed by atoms with Gasteiger partial charge in [0.1, 0.15) is 17.5 Å². The lowest BCUT2D eigenvalue weighted by Crippen LogP contribution is -2.03. The van der Waals surface area contributed by atoms with Crippen molar-refractivity contribution in [2.24, 2.45) is 0 Å². The Balaban J connectivity index is 2.15. The highest BCUT2D eigenvalue weighted by molar-refractivity contribution is 5.97. The molecule has 3 aromatic carbocycles. The van der Waals surface area contributed by atoms with E-state index < -0.39 is 0 Å². The molecule has 0 saturated heterocycles. The molecule has 0 bridgehead atoms. The number of nitriles is 1. The first-order valence-corrected chi connectivity index (χ1v) is 9.10. The third kappa shape index (κ3) is 3.13. The number of benzene rings is 3. The maximum Gasteiger partial charge on any atom is 0.142 e. The summed E-state index contributed by atoms with van der Waals surface area (Å²) in [5.41, 5.74) is 13.2. The van der Waals surface area contributed by atoms with Crippen molar-refractivity contribution in [3.63, 3.8) is 0 Å². The molecule has 0 amide bonds. The molecule has 0 spiro atoms. The van der Waals surface area contributed by atoms with Crippen molar-refractivity contribution in [2.45, 2.75) is 6.92 Å². The van der Waals surface area contributed by atoms with Crippen LogP contribution in [0.25, 0.3) is 33.5 Å². The van der Waals surface area contributed by atoms with Gasteiger partial charge in [-0.1, -0.05) is 90.5 Å². The molecule has 1 heterocycles. The van der Waals surface area contributed by atoms with Gasteiger partial charge in [0.25, 0.3) is 0 Å².